The number of benzene rings is 1. The summed E-state index contributed by atoms with van der Waals surface area (Å²) in [5, 5.41) is 4.24. The van der Waals surface area contributed by atoms with Crippen LogP contribution in [-0.4, -0.2) is 35.0 Å². The van der Waals surface area contributed by atoms with Crippen molar-refractivity contribution >= 4 is 18.0 Å². The van der Waals surface area contributed by atoms with Crippen molar-refractivity contribution in [2.75, 3.05) is 24.7 Å². The van der Waals surface area contributed by atoms with Crippen LogP contribution in [0.1, 0.15) is 16.8 Å². The average Bonchev–Trinajstić information content (AvgIpc) is 2.96. The van der Waals surface area contributed by atoms with Gasteiger partial charge in [0.25, 0.3) is 0 Å². The molecule has 2 aromatic heterocycles. The van der Waals surface area contributed by atoms with Crippen LogP contribution in [0.3, 0.4) is 0 Å². The lowest BCUT2D eigenvalue weighted by Gasteiger charge is -2.18. The summed E-state index contributed by atoms with van der Waals surface area (Å²) in [5.41, 5.74) is 7.37. The van der Waals surface area contributed by atoms with E-state index in [1.807, 2.05) is 0 Å². The van der Waals surface area contributed by atoms with Gasteiger partial charge in [-0.05, 0) is 30.2 Å². The van der Waals surface area contributed by atoms with Crippen molar-refractivity contribution in [1.29, 1.82) is 0 Å². The van der Waals surface area contributed by atoms with Gasteiger partial charge in [0.1, 0.15) is 5.82 Å². The van der Waals surface area contributed by atoms with E-state index in [1.54, 1.807) is 62.6 Å². The minimum Gasteiger partial charge on any atom is -0.368 e. The maximum atomic E-state index is 13.1. The molecule has 2 N–H and O–H groups in total. The number of hydrogen-bond donors (Lipinski definition) is 1. The van der Waals surface area contributed by atoms with Gasteiger partial charge in [0.2, 0.25) is 5.95 Å². The van der Waals surface area contributed by atoms with Gasteiger partial charge in [-0.15, -0.1) is 0 Å². The molecule has 9 heteroatoms. The Kier molecular flexibility index (Phi) is 5.08. The lowest BCUT2D eigenvalue weighted by atomic mass is 10.0. The van der Waals surface area contributed by atoms with Gasteiger partial charge in [-0.3, -0.25) is 0 Å². The lowest BCUT2D eigenvalue weighted by Crippen LogP contribution is -2.14. The number of aryl methyl sites for hydroxylation is 1. The van der Waals surface area contributed by atoms with E-state index in [4.69, 9.17) is 5.73 Å². The van der Waals surface area contributed by atoms with E-state index < -0.39 is 11.7 Å². The normalized spacial score (nSPS) is 11.9. The average molecular weight is 388 g/mol. The van der Waals surface area contributed by atoms with Gasteiger partial charge >= 0.3 is 6.18 Å². The summed E-state index contributed by atoms with van der Waals surface area (Å²) in [6.45, 7) is 1.80. The van der Waals surface area contributed by atoms with Crippen molar-refractivity contribution in [3.05, 3.63) is 59.5 Å². The number of pyridine rings is 1. The molecular formula is C19H19F3N6. The van der Waals surface area contributed by atoms with Crippen molar-refractivity contribution in [2.45, 2.75) is 13.1 Å². The summed E-state index contributed by atoms with van der Waals surface area (Å²) >= 11 is 0. The molecule has 0 aliphatic rings. The second-order valence-corrected chi connectivity index (χ2v) is 6.44. The smallest absolute Gasteiger partial charge is 0.368 e. The highest BCUT2D eigenvalue weighted by atomic mass is 19.4. The predicted molar refractivity (Wildman–Crippen MR) is 103 cm³/mol. The zero-order chi connectivity index (χ0) is 20.5. The molecule has 1 aromatic carbocycles. The predicted octanol–water partition coefficient (Wildman–Crippen LogP) is 3.80. The van der Waals surface area contributed by atoms with E-state index >= 15 is 0 Å². The first-order valence-electron chi connectivity index (χ1n) is 8.36. The topological polar surface area (TPSA) is 72.3 Å². The first-order valence-corrected chi connectivity index (χ1v) is 8.36. The molecule has 0 saturated heterocycles. The van der Waals surface area contributed by atoms with Crippen molar-refractivity contribution in [3.8, 4) is 11.1 Å². The van der Waals surface area contributed by atoms with Gasteiger partial charge in [0.05, 0.1) is 23.7 Å². The van der Waals surface area contributed by atoms with Crippen LogP contribution < -0.4 is 10.6 Å². The number of imidazole rings is 1. The minimum atomic E-state index is -4.47. The molecule has 0 atom stereocenters. The maximum absolute atomic E-state index is 13.1. The molecule has 3 aromatic rings. The van der Waals surface area contributed by atoms with Crippen LogP contribution in [0.5, 0.6) is 0 Å². The molecule has 2 heterocycles. The van der Waals surface area contributed by atoms with E-state index in [1.165, 1.54) is 4.68 Å². The van der Waals surface area contributed by atoms with Gasteiger partial charge in [0, 0.05) is 25.9 Å². The van der Waals surface area contributed by atoms with Crippen molar-refractivity contribution in [3.63, 3.8) is 0 Å². The number of halogens is 3. The monoisotopic (exact) mass is 388 g/mol. The Morgan fingerprint density at radius 3 is 2.57 bits per heavy atom. The third-order valence-corrected chi connectivity index (χ3v) is 3.98. The molecule has 28 heavy (non-hydrogen) atoms. The van der Waals surface area contributed by atoms with Crippen LogP contribution in [0.2, 0.25) is 0 Å². The molecule has 0 radical (unpaired) electrons. The summed E-state index contributed by atoms with van der Waals surface area (Å²) in [4.78, 5) is 9.73. The maximum Gasteiger partial charge on any atom is 0.417 e. The van der Waals surface area contributed by atoms with Gasteiger partial charge in [0.15, 0.2) is 0 Å². The Morgan fingerprint density at radius 1 is 1.21 bits per heavy atom. The first kappa shape index (κ1) is 19.4. The van der Waals surface area contributed by atoms with Crippen LogP contribution >= 0.6 is 0 Å². The summed E-state index contributed by atoms with van der Waals surface area (Å²) < 4.78 is 40.9. The Morgan fingerprint density at radius 2 is 1.96 bits per heavy atom. The van der Waals surface area contributed by atoms with E-state index in [0.717, 1.165) is 18.0 Å². The van der Waals surface area contributed by atoms with Gasteiger partial charge < -0.3 is 10.6 Å². The van der Waals surface area contributed by atoms with Crippen LogP contribution in [0.25, 0.3) is 11.1 Å². The lowest BCUT2D eigenvalue weighted by molar-refractivity contribution is -0.137. The minimum absolute atomic E-state index is 0.252. The van der Waals surface area contributed by atoms with Gasteiger partial charge in [-0.1, -0.05) is 18.2 Å². The molecule has 0 aliphatic heterocycles. The SMILES string of the molecule is Cc1cn(N=Cc2cccc(-c3cc(C(F)(F)F)cnc3N(C)C)c2)c(N)n1. The number of nitrogens with two attached hydrogens (primary N) is 1. The highest BCUT2D eigenvalue weighted by molar-refractivity contribution is 5.85. The molecule has 3 rings (SSSR count). The molecule has 0 saturated carbocycles. The second kappa shape index (κ2) is 7.34. The van der Waals surface area contributed by atoms with Gasteiger partial charge in [-0.25, -0.2) is 14.6 Å². The summed E-state index contributed by atoms with van der Waals surface area (Å²) in [7, 11) is 3.46. The fraction of sp³-hybridized carbons (Fsp3) is 0.211. The summed E-state index contributed by atoms with van der Waals surface area (Å²) in [6.07, 6.45) is -0.384. The highest BCUT2D eigenvalue weighted by Gasteiger charge is 2.32. The third kappa shape index (κ3) is 4.13. The number of aromatic nitrogens is 3. The van der Waals surface area contributed by atoms with E-state index in [2.05, 4.69) is 15.1 Å². The Bertz CT molecular complexity index is 1020. The van der Waals surface area contributed by atoms with E-state index in [9.17, 15) is 13.2 Å². The number of nitrogens with zero attached hydrogens (tertiary/aromatic N) is 5. The molecule has 6 nitrogen and oxygen atoms in total. The van der Waals surface area contributed by atoms with Crippen LogP contribution in [0.4, 0.5) is 24.9 Å². The number of alkyl halides is 3. The number of anilines is 2. The molecule has 0 aliphatic carbocycles. The Balaban J connectivity index is 2.02. The Hall–Kier alpha value is -3.36. The standard InChI is InChI=1S/C19H19F3N6/c1-12-11-28(18(23)26-12)25-9-13-5-4-6-14(7-13)16-8-15(19(20,21)22)10-24-17(16)27(2)3/h4-11H,1-3H3,(H2,23,26). The largest absolute Gasteiger partial charge is 0.417 e. The third-order valence-electron chi connectivity index (χ3n) is 3.98. The summed E-state index contributed by atoms with van der Waals surface area (Å²) in [6, 6.07) is 8.13. The fourth-order valence-electron chi connectivity index (χ4n) is 2.69. The molecule has 0 spiro atoms. The molecule has 0 amide bonds. The fourth-order valence-corrected chi connectivity index (χ4v) is 2.69. The quantitative estimate of drug-likeness (QED) is 0.690. The van der Waals surface area contributed by atoms with Gasteiger partial charge in [-0.2, -0.15) is 18.3 Å². The van der Waals surface area contributed by atoms with Crippen LogP contribution in [-0.2, 0) is 6.18 Å². The van der Waals surface area contributed by atoms with E-state index in [-0.39, 0.29) is 5.95 Å². The van der Waals surface area contributed by atoms with Crippen molar-refractivity contribution in [2.24, 2.45) is 5.10 Å². The Labute approximate surface area is 160 Å². The molecule has 0 bridgehead atoms. The summed E-state index contributed by atoms with van der Waals surface area (Å²) in [5.74, 6) is 0.693. The zero-order valence-electron chi connectivity index (χ0n) is 15.6. The number of hydrogen-bond acceptors (Lipinski definition) is 5. The first-order chi connectivity index (χ1) is 13.1. The molecule has 146 valence electrons. The second-order valence-electron chi connectivity index (χ2n) is 6.44. The number of rotatable bonds is 4. The van der Waals surface area contributed by atoms with Crippen molar-refractivity contribution in [1.82, 2.24) is 14.6 Å². The number of nitrogen functional groups attached to an aromatic ring is 1. The van der Waals surface area contributed by atoms with Crippen LogP contribution in [0.15, 0.2) is 47.8 Å². The molecular weight excluding hydrogens is 369 g/mol. The van der Waals surface area contributed by atoms with Crippen molar-refractivity contribution < 1.29 is 13.2 Å². The zero-order valence-corrected chi connectivity index (χ0v) is 15.6. The molecule has 0 unspecified atom stereocenters. The van der Waals surface area contributed by atoms with E-state index in [0.29, 0.717) is 22.5 Å². The molecule has 0 fully saturated rings. The van der Waals surface area contributed by atoms with Crippen LogP contribution in [0, 0.1) is 6.92 Å². The highest BCUT2D eigenvalue weighted by Crippen LogP contribution is 2.35.